The van der Waals surface area contributed by atoms with E-state index in [1.807, 2.05) is 6.92 Å². The fraction of sp³-hybridized carbons (Fsp3) is 0.462. The van der Waals surface area contributed by atoms with Crippen molar-refractivity contribution in [3.05, 3.63) is 31.6 Å². The van der Waals surface area contributed by atoms with Crippen LogP contribution in [0.4, 0.5) is 0 Å². The van der Waals surface area contributed by atoms with Crippen molar-refractivity contribution in [2.45, 2.75) is 40.0 Å². The van der Waals surface area contributed by atoms with Crippen LogP contribution in [0.15, 0.2) is 31.6 Å². The van der Waals surface area contributed by atoms with E-state index >= 15 is 0 Å². The Morgan fingerprint density at radius 3 is 2.56 bits per heavy atom. The molecule has 87 valence electrons. The molecule has 2 rings (SSSR count). The molecule has 0 amide bonds. The molecule has 2 aliphatic carbocycles. The summed E-state index contributed by atoms with van der Waals surface area (Å²) in [6.07, 6.45) is 5.91. The average molecular weight is 335 g/mol. The van der Waals surface area contributed by atoms with Crippen LogP contribution in [-0.4, -0.2) is 3.71 Å². The van der Waals surface area contributed by atoms with E-state index in [-0.39, 0.29) is 0 Å². The summed E-state index contributed by atoms with van der Waals surface area (Å²) in [5, 5.41) is 0. The van der Waals surface area contributed by atoms with Gasteiger partial charge < -0.3 is 0 Å². The topological polar surface area (TPSA) is 0 Å². The van der Waals surface area contributed by atoms with Gasteiger partial charge in [-0.15, -0.1) is 0 Å². The van der Waals surface area contributed by atoms with Gasteiger partial charge in [0.05, 0.1) is 0 Å². The van der Waals surface area contributed by atoms with Gasteiger partial charge in [-0.05, 0) is 0 Å². The van der Waals surface area contributed by atoms with Gasteiger partial charge in [0.15, 0.2) is 0 Å². The molecule has 0 nitrogen and oxygen atoms in total. The van der Waals surface area contributed by atoms with Crippen molar-refractivity contribution in [3.63, 3.8) is 0 Å². The maximum atomic E-state index is 6.59. The van der Waals surface area contributed by atoms with Crippen LogP contribution in [0.5, 0.6) is 0 Å². The van der Waals surface area contributed by atoms with E-state index in [1.54, 1.807) is 0 Å². The summed E-state index contributed by atoms with van der Waals surface area (Å²) >= 11 is -3.12. The Morgan fingerprint density at radius 2 is 1.94 bits per heavy atom. The van der Waals surface area contributed by atoms with E-state index < -0.39 is 17.4 Å². The third kappa shape index (κ3) is 2.11. The molecular weight excluding hydrogens is 318 g/mol. The average Bonchev–Trinajstić information content (AvgIpc) is 2.57. The summed E-state index contributed by atoms with van der Waals surface area (Å²) < 4.78 is 3.40. The Hall–Kier alpha value is 0.553. The molecule has 0 aliphatic heterocycles. The molecule has 3 heteroatoms. The van der Waals surface area contributed by atoms with E-state index in [0.29, 0.717) is 0 Å². The summed E-state index contributed by atoms with van der Waals surface area (Å²) in [7, 11) is 13.2. The molecule has 0 spiro atoms. The molecule has 0 saturated heterocycles. The molecule has 0 saturated carbocycles. The molecule has 0 fully saturated rings. The Bertz CT molecular complexity index is 472. The van der Waals surface area contributed by atoms with Gasteiger partial charge >= 0.3 is 110 Å². The van der Waals surface area contributed by atoms with Gasteiger partial charge in [0.1, 0.15) is 0 Å². The number of hydrogen-bond donors (Lipinski definition) is 0. The van der Waals surface area contributed by atoms with Crippen molar-refractivity contribution in [2.24, 2.45) is 0 Å². The molecule has 0 unspecified atom stereocenters. The molecule has 0 aromatic heterocycles. The third-order valence-corrected chi connectivity index (χ3v) is 13.5. The van der Waals surface area contributed by atoms with Crippen LogP contribution in [0, 0.1) is 0 Å². The first-order chi connectivity index (χ1) is 7.47. The van der Waals surface area contributed by atoms with Crippen molar-refractivity contribution in [2.75, 3.05) is 0 Å². The van der Waals surface area contributed by atoms with Crippen LogP contribution >= 0.6 is 17.0 Å². The van der Waals surface area contributed by atoms with E-state index in [0.717, 1.165) is 6.42 Å². The molecule has 0 N–H and O–H groups in total. The molecule has 0 bridgehead atoms. The molecule has 0 radical (unpaired) electrons. The van der Waals surface area contributed by atoms with Gasteiger partial charge in [0, 0.05) is 0 Å². The molecule has 0 atom stereocenters. The zero-order chi connectivity index (χ0) is 11.9. The molecule has 0 heterocycles. The van der Waals surface area contributed by atoms with Crippen molar-refractivity contribution < 1.29 is 17.4 Å². The fourth-order valence-electron chi connectivity index (χ4n) is 2.66. The van der Waals surface area contributed by atoms with Crippen LogP contribution in [0.2, 0.25) is 0 Å². The van der Waals surface area contributed by atoms with E-state index in [9.17, 15) is 0 Å². The Balaban J connectivity index is 2.66. The maximum absolute atomic E-state index is 6.59. The van der Waals surface area contributed by atoms with Gasteiger partial charge in [0.25, 0.3) is 0 Å². The predicted molar refractivity (Wildman–Crippen MR) is 70.8 cm³/mol. The number of hydrogen-bond acceptors (Lipinski definition) is 0. The standard InChI is InChI=1S/C11H13.C2H4.2ClH.Zr/c1-8-6-10-5-3-4-9(2)11(10)7-8;1-2;;;/h7H,3-5H2,1-2H3;1H,2H3;2*1H;/q;;;;+2/p-2. The molecule has 16 heavy (non-hydrogen) atoms. The van der Waals surface area contributed by atoms with Crippen molar-refractivity contribution >= 4 is 20.7 Å². The van der Waals surface area contributed by atoms with Crippen LogP contribution in [-0.2, 0) is 17.4 Å². The van der Waals surface area contributed by atoms with Gasteiger partial charge in [-0.2, -0.15) is 0 Å². The van der Waals surface area contributed by atoms with Crippen molar-refractivity contribution in [1.82, 2.24) is 0 Å². The summed E-state index contributed by atoms with van der Waals surface area (Å²) in [6.45, 7) is 6.39. The summed E-state index contributed by atoms with van der Waals surface area (Å²) in [5.74, 6) is 0. The minimum atomic E-state index is -3.12. The van der Waals surface area contributed by atoms with Gasteiger partial charge in [0.2, 0.25) is 0 Å². The Kier molecular flexibility index (Phi) is 3.79. The normalized spacial score (nSPS) is 21.2. The monoisotopic (exact) mass is 333 g/mol. The van der Waals surface area contributed by atoms with Crippen LogP contribution in [0.1, 0.15) is 40.0 Å². The summed E-state index contributed by atoms with van der Waals surface area (Å²) in [5.41, 5.74) is 5.70. The Labute approximate surface area is 109 Å². The first-order valence-corrected chi connectivity index (χ1v) is 14.8. The third-order valence-electron chi connectivity index (χ3n) is 3.52. The van der Waals surface area contributed by atoms with Crippen molar-refractivity contribution in [1.29, 1.82) is 0 Å². The fourth-order valence-corrected chi connectivity index (χ4v) is 9.58. The molecule has 0 aromatic rings. The minimum absolute atomic E-state index is 1.15. The van der Waals surface area contributed by atoms with E-state index in [2.05, 4.69) is 23.6 Å². The summed E-state index contributed by atoms with van der Waals surface area (Å²) in [6, 6.07) is 0. The number of halogens is 2. The van der Waals surface area contributed by atoms with Gasteiger partial charge in [-0.25, -0.2) is 0 Å². The number of rotatable bonds is 1. The molecule has 2 aliphatic rings. The number of allylic oxidation sites excluding steroid dienone is 6. The Morgan fingerprint density at radius 1 is 1.25 bits per heavy atom. The second kappa shape index (κ2) is 4.67. The van der Waals surface area contributed by atoms with Crippen LogP contribution < -0.4 is 0 Å². The first-order valence-electron chi connectivity index (χ1n) is 5.78. The molecule has 0 aromatic carbocycles. The van der Waals surface area contributed by atoms with Gasteiger partial charge in [-0.1, -0.05) is 0 Å². The number of fused-ring (bicyclic) bond motifs is 1. The quantitative estimate of drug-likeness (QED) is 0.634. The second-order valence-electron chi connectivity index (χ2n) is 4.64. The van der Waals surface area contributed by atoms with Crippen molar-refractivity contribution in [3.8, 4) is 0 Å². The molecular formula is C13H17Cl2Zr. The predicted octanol–water partition coefficient (Wildman–Crippen LogP) is 4.98. The van der Waals surface area contributed by atoms with Gasteiger partial charge in [-0.3, -0.25) is 0 Å². The van der Waals surface area contributed by atoms with Crippen LogP contribution in [0.25, 0.3) is 0 Å². The van der Waals surface area contributed by atoms with E-state index in [4.69, 9.17) is 17.0 Å². The zero-order valence-corrected chi connectivity index (χ0v) is 14.0. The van der Waals surface area contributed by atoms with E-state index in [1.165, 1.54) is 38.4 Å². The SMILES string of the molecule is C[CH]=[Zr]([Cl])([Cl])[C]1=C2CCCC(C)=C2C=C1C. The van der Waals surface area contributed by atoms with Crippen LogP contribution in [0.3, 0.4) is 0 Å². The summed E-state index contributed by atoms with van der Waals surface area (Å²) in [4.78, 5) is 0. The second-order valence-corrected chi connectivity index (χ2v) is 18.5. The first kappa shape index (κ1) is 13.0. The zero-order valence-electron chi connectivity index (χ0n) is 10.0.